The van der Waals surface area contributed by atoms with E-state index in [-0.39, 0.29) is 23.2 Å². The quantitative estimate of drug-likeness (QED) is 0.763. The largest absolute Gasteiger partial charge is 0.340 e. The van der Waals surface area contributed by atoms with Crippen molar-refractivity contribution in [3.05, 3.63) is 85.4 Å². The Bertz CT molecular complexity index is 839. The number of nitrogens with zero attached hydrogens (tertiary/aromatic N) is 1. The minimum Gasteiger partial charge on any atom is -0.340 e. The van der Waals surface area contributed by atoms with E-state index in [9.17, 15) is 9.59 Å². The monoisotopic (exact) mass is 345 g/mol. The average molecular weight is 346 g/mol. The number of hydrogen-bond acceptors (Lipinski definition) is 4. The number of amides is 1. The number of carbonyl (C=O) groups is 1. The molecule has 116 valence electrons. The molecule has 0 saturated carbocycles. The second kappa shape index (κ2) is 6.76. The second-order valence-corrected chi connectivity index (χ2v) is 6.04. The molecule has 0 bridgehead atoms. The molecular weight excluding hydrogens is 334 g/mol. The van der Waals surface area contributed by atoms with E-state index in [1.165, 1.54) is 12.1 Å². The molecule has 1 amide bonds. The highest BCUT2D eigenvalue weighted by Gasteiger charge is 2.19. The highest BCUT2D eigenvalue weighted by Crippen LogP contribution is 2.25. The van der Waals surface area contributed by atoms with Gasteiger partial charge in [-0.25, -0.2) is 5.10 Å². The van der Waals surface area contributed by atoms with Gasteiger partial charge in [0, 0.05) is 11.1 Å². The Hall–Kier alpha value is -2.44. The number of halogens is 1. The van der Waals surface area contributed by atoms with Crippen molar-refractivity contribution >= 4 is 28.8 Å². The lowest BCUT2D eigenvalue weighted by atomic mass is 10.0. The number of benzene rings is 1. The van der Waals surface area contributed by atoms with Gasteiger partial charge >= 0.3 is 0 Å². The molecule has 23 heavy (non-hydrogen) atoms. The Morgan fingerprint density at radius 1 is 1.13 bits per heavy atom. The molecule has 0 fully saturated rings. The van der Waals surface area contributed by atoms with Crippen LogP contribution >= 0.6 is 22.9 Å². The molecule has 2 heterocycles. The summed E-state index contributed by atoms with van der Waals surface area (Å²) in [5.74, 6) is -0.368. The Labute approximate surface area is 140 Å². The molecule has 2 N–H and O–H groups in total. The van der Waals surface area contributed by atoms with Gasteiger partial charge in [-0.1, -0.05) is 23.7 Å². The van der Waals surface area contributed by atoms with E-state index in [4.69, 9.17) is 11.6 Å². The summed E-state index contributed by atoms with van der Waals surface area (Å²) in [6, 6.07) is 11.6. The van der Waals surface area contributed by atoms with Crippen molar-refractivity contribution in [1.82, 2.24) is 15.5 Å². The van der Waals surface area contributed by atoms with Gasteiger partial charge in [0.1, 0.15) is 5.69 Å². The van der Waals surface area contributed by atoms with Gasteiger partial charge in [-0.2, -0.15) is 16.4 Å². The van der Waals surface area contributed by atoms with E-state index in [1.54, 1.807) is 23.5 Å². The van der Waals surface area contributed by atoms with Crippen LogP contribution in [-0.4, -0.2) is 16.1 Å². The third-order valence-electron chi connectivity index (χ3n) is 3.27. The molecule has 1 aromatic carbocycles. The Morgan fingerprint density at radius 3 is 2.52 bits per heavy atom. The molecule has 7 heteroatoms. The van der Waals surface area contributed by atoms with Crippen molar-refractivity contribution in [2.45, 2.75) is 6.04 Å². The molecule has 3 aromatic rings. The summed E-state index contributed by atoms with van der Waals surface area (Å²) in [6.07, 6.45) is 0. The molecular formula is C16H12ClN3O2S. The number of H-pyrrole nitrogens is 1. The molecule has 1 unspecified atom stereocenters. The predicted molar refractivity (Wildman–Crippen MR) is 89.9 cm³/mol. The topological polar surface area (TPSA) is 74.8 Å². The van der Waals surface area contributed by atoms with Crippen LogP contribution in [0.1, 0.15) is 27.7 Å². The first kappa shape index (κ1) is 15.5. The van der Waals surface area contributed by atoms with E-state index in [2.05, 4.69) is 15.5 Å². The standard InChI is InChI=1S/C16H12ClN3O2S/c17-12-3-1-10(2-4-12)15(11-7-8-23-9-11)18-16(22)13-5-6-14(21)20-19-13/h1-9,15H,(H,18,22)(H,20,21). The molecule has 0 aliphatic heterocycles. The zero-order valence-electron chi connectivity index (χ0n) is 11.8. The lowest BCUT2D eigenvalue weighted by Crippen LogP contribution is -2.30. The summed E-state index contributed by atoms with van der Waals surface area (Å²) in [6.45, 7) is 0. The molecule has 0 spiro atoms. The number of thiophene rings is 1. The van der Waals surface area contributed by atoms with Crippen LogP contribution in [-0.2, 0) is 0 Å². The molecule has 0 radical (unpaired) electrons. The summed E-state index contributed by atoms with van der Waals surface area (Å²) in [7, 11) is 0. The number of hydrogen-bond donors (Lipinski definition) is 2. The summed E-state index contributed by atoms with van der Waals surface area (Å²) in [5, 5.41) is 13.5. The Morgan fingerprint density at radius 2 is 1.91 bits per heavy atom. The first-order valence-corrected chi connectivity index (χ1v) is 8.10. The van der Waals surface area contributed by atoms with Crippen LogP contribution < -0.4 is 10.9 Å². The van der Waals surface area contributed by atoms with Crippen LogP contribution in [0.4, 0.5) is 0 Å². The van der Waals surface area contributed by atoms with Crippen molar-refractivity contribution in [3.63, 3.8) is 0 Å². The number of carbonyl (C=O) groups excluding carboxylic acids is 1. The zero-order valence-corrected chi connectivity index (χ0v) is 13.4. The third kappa shape index (κ3) is 3.67. The summed E-state index contributed by atoms with van der Waals surface area (Å²) in [4.78, 5) is 23.4. The number of aromatic amines is 1. The van der Waals surface area contributed by atoms with Gasteiger partial charge < -0.3 is 5.32 Å². The van der Waals surface area contributed by atoms with Crippen molar-refractivity contribution in [3.8, 4) is 0 Å². The van der Waals surface area contributed by atoms with Crippen LogP contribution in [0, 0.1) is 0 Å². The van der Waals surface area contributed by atoms with E-state index in [1.807, 2.05) is 29.0 Å². The van der Waals surface area contributed by atoms with E-state index >= 15 is 0 Å². The predicted octanol–water partition coefficient (Wildman–Crippen LogP) is 3.00. The molecule has 1 atom stereocenters. The summed E-state index contributed by atoms with van der Waals surface area (Å²) in [5.41, 5.74) is 1.67. The van der Waals surface area contributed by atoms with Gasteiger partial charge in [-0.15, -0.1) is 0 Å². The Kier molecular flexibility index (Phi) is 4.55. The minimum absolute atomic E-state index is 0.152. The normalized spacial score (nSPS) is 11.9. The lowest BCUT2D eigenvalue weighted by molar-refractivity contribution is 0.0937. The number of nitrogens with one attached hydrogen (secondary N) is 2. The maximum Gasteiger partial charge on any atom is 0.272 e. The second-order valence-electron chi connectivity index (χ2n) is 4.82. The van der Waals surface area contributed by atoms with Gasteiger partial charge in [0.2, 0.25) is 0 Å². The van der Waals surface area contributed by atoms with Crippen LogP contribution in [0.5, 0.6) is 0 Å². The minimum atomic E-state index is -0.368. The van der Waals surface area contributed by atoms with Crippen LogP contribution in [0.3, 0.4) is 0 Å². The highest BCUT2D eigenvalue weighted by molar-refractivity contribution is 7.08. The third-order valence-corrected chi connectivity index (χ3v) is 4.22. The van der Waals surface area contributed by atoms with Gasteiger partial charge in [-0.05, 0) is 46.2 Å². The molecule has 3 rings (SSSR count). The molecule has 5 nitrogen and oxygen atoms in total. The first-order chi connectivity index (χ1) is 11.1. The number of rotatable bonds is 4. The van der Waals surface area contributed by atoms with E-state index in [0.29, 0.717) is 5.02 Å². The Balaban J connectivity index is 1.90. The van der Waals surface area contributed by atoms with Crippen molar-refractivity contribution in [2.24, 2.45) is 0 Å². The van der Waals surface area contributed by atoms with Crippen molar-refractivity contribution in [1.29, 1.82) is 0 Å². The maximum atomic E-state index is 12.4. The number of aromatic nitrogens is 2. The molecule has 0 aliphatic carbocycles. The van der Waals surface area contributed by atoms with Gasteiger partial charge in [0.05, 0.1) is 6.04 Å². The molecule has 0 aliphatic rings. The van der Waals surface area contributed by atoms with Gasteiger partial charge in [0.25, 0.3) is 11.5 Å². The lowest BCUT2D eigenvalue weighted by Gasteiger charge is -2.18. The van der Waals surface area contributed by atoms with Crippen molar-refractivity contribution < 1.29 is 4.79 Å². The van der Waals surface area contributed by atoms with Crippen LogP contribution in [0.15, 0.2) is 58.0 Å². The molecule has 0 saturated heterocycles. The highest BCUT2D eigenvalue weighted by atomic mass is 35.5. The van der Waals surface area contributed by atoms with E-state index < -0.39 is 0 Å². The van der Waals surface area contributed by atoms with E-state index in [0.717, 1.165) is 11.1 Å². The fraction of sp³-hybridized carbons (Fsp3) is 0.0625. The van der Waals surface area contributed by atoms with Gasteiger partial charge in [0.15, 0.2) is 0 Å². The smallest absolute Gasteiger partial charge is 0.272 e. The van der Waals surface area contributed by atoms with Crippen LogP contribution in [0.2, 0.25) is 5.02 Å². The maximum absolute atomic E-state index is 12.4. The van der Waals surface area contributed by atoms with Crippen LogP contribution in [0.25, 0.3) is 0 Å². The summed E-state index contributed by atoms with van der Waals surface area (Å²) >= 11 is 7.48. The molecule has 2 aromatic heterocycles. The fourth-order valence-corrected chi connectivity index (χ4v) is 2.94. The SMILES string of the molecule is O=C(NC(c1ccc(Cl)cc1)c1ccsc1)c1ccc(=O)[nH]n1. The van der Waals surface area contributed by atoms with Crippen molar-refractivity contribution in [2.75, 3.05) is 0 Å². The zero-order chi connectivity index (χ0) is 16.2. The summed E-state index contributed by atoms with van der Waals surface area (Å²) < 4.78 is 0. The first-order valence-electron chi connectivity index (χ1n) is 6.77. The van der Waals surface area contributed by atoms with Gasteiger partial charge in [-0.3, -0.25) is 9.59 Å². The average Bonchev–Trinajstić information content (AvgIpc) is 3.08. The fourth-order valence-electron chi connectivity index (χ4n) is 2.13.